The number of esters is 1. The van der Waals surface area contributed by atoms with Gasteiger partial charge in [-0.15, -0.1) is 0 Å². The summed E-state index contributed by atoms with van der Waals surface area (Å²) in [7, 11) is 1.70. The van der Waals surface area contributed by atoms with Crippen molar-refractivity contribution in [1.29, 1.82) is 0 Å². The number of pyridine rings is 1. The Morgan fingerprint density at radius 3 is 2.64 bits per heavy atom. The fourth-order valence-corrected chi connectivity index (χ4v) is 1.92. The van der Waals surface area contributed by atoms with E-state index < -0.39 is 18.5 Å². The maximum Gasteiger partial charge on any atom is 0.340 e. The SMILES string of the molecule is CNc1ccccc1C(=O)OCC(=O)Nc1cccnc1Cl. The molecule has 6 nitrogen and oxygen atoms in total. The molecule has 0 aliphatic heterocycles. The van der Waals surface area contributed by atoms with Crippen LogP contribution in [0.3, 0.4) is 0 Å². The van der Waals surface area contributed by atoms with E-state index in [0.717, 1.165) is 0 Å². The molecule has 1 heterocycles. The Morgan fingerprint density at radius 2 is 1.91 bits per heavy atom. The summed E-state index contributed by atoms with van der Waals surface area (Å²) in [5, 5.41) is 5.57. The maximum absolute atomic E-state index is 12.0. The smallest absolute Gasteiger partial charge is 0.340 e. The Labute approximate surface area is 132 Å². The van der Waals surface area contributed by atoms with Crippen molar-refractivity contribution in [2.45, 2.75) is 0 Å². The lowest BCUT2D eigenvalue weighted by Gasteiger charge is -2.09. The molecule has 2 aromatic rings. The monoisotopic (exact) mass is 319 g/mol. The van der Waals surface area contributed by atoms with Gasteiger partial charge >= 0.3 is 5.97 Å². The first kappa shape index (κ1) is 15.8. The summed E-state index contributed by atoms with van der Waals surface area (Å²) in [5.74, 6) is -1.08. The van der Waals surface area contributed by atoms with E-state index in [2.05, 4.69) is 15.6 Å². The largest absolute Gasteiger partial charge is 0.452 e. The quantitative estimate of drug-likeness (QED) is 0.654. The van der Waals surface area contributed by atoms with Crippen LogP contribution in [0.25, 0.3) is 0 Å². The van der Waals surface area contributed by atoms with E-state index in [1.807, 2.05) is 0 Å². The number of benzene rings is 1. The minimum atomic E-state index is -0.586. The van der Waals surface area contributed by atoms with Gasteiger partial charge in [-0.25, -0.2) is 9.78 Å². The molecule has 0 fully saturated rings. The number of rotatable bonds is 5. The van der Waals surface area contributed by atoms with Crippen LogP contribution in [0.2, 0.25) is 5.15 Å². The van der Waals surface area contributed by atoms with E-state index >= 15 is 0 Å². The summed E-state index contributed by atoms with van der Waals surface area (Å²) < 4.78 is 4.99. The van der Waals surface area contributed by atoms with Crippen LogP contribution in [0, 0.1) is 0 Å². The molecule has 0 radical (unpaired) electrons. The normalized spacial score (nSPS) is 9.91. The summed E-state index contributed by atoms with van der Waals surface area (Å²) in [6, 6.07) is 10.1. The molecule has 1 aromatic carbocycles. The van der Waals surface area contributed by atoms with E-state index in [9.17, 15) is 9.59 Å². The lowest BCUT2D eigenvalue weighted by molar-refractivity contribution is -0.119. The van der Waals surface area contributed by atoms with Crippen LogP contribution in [-0.2, 0) is 9.53 Å². The van der Waals surface area contributed by atoms with Gasteiger partial charge in [0, 0.05) is 18.9 Å². The second-order valence-corrected chi connectivity index (χ2v) is 4.62. The predicted molar refractivity (Wildman–Crippen MR) is 84.1 cm³/mol. The highest BCUT2D eigenvalue weighted by Gasteiger charge is 2.14. The average molecular weight is 320 g/mol. The van der Waals surface area contributed by atoms with Gasteiger partial charge in [0.05, 0.1) is 11.3 Å². The van der Waals surface area contributed by atoms with E-state index in [-0.39, 0.29) is 5.15 Å². The average Bonchev–Trinajstić information content (AvgIpc) is 2.54. The van der Waals surface area contributed by atoms with Gasteiger partial charge in [-0.05, 0) is 24.3 Å². The van der Waals surface area contributed by atoms with Crippen LogP contribution in [0.15, 0.2) is 42.6 Å². The van der Waals surface area contributed by atoms with Crippen molar-refractivity contribution in [3.05, 3.63) is 53.3 Å². The number of carbonyl (C=O) groups excluding carboxylic acids is 2. The van der Waals surface area contributed by atoms with E-state index in [4.69, 9.17) is 16.3 Å². The molecule has 0 spiro atoms. The van der Waals surface area contributed by atoms with E-state index in [1.54, 1.807) is 43.4 Å². The number of nitrogens with one attached hydrogen (secondary N) is 2. The zero-order valence-corrected chi connectivity index (χ0v) is 12.6. The Bertz CT molecular complexity index is 691. The number of hydrogen-bond acceptors (Lipinski definition) is 5. The molecule has 1 amide bonds. The third kappa shape index (κ3) is 3.95. The molecule has 0 atom stereocenters. The molecule has 0 bridgehead atoms. The first-order valence-electron chi connectivity index (χ1n) is 6.46. The summed E-state index contributed by atoms with van der Waals surface area (Å²) in [6.45, 7) is -0.415. The molecule has 114 valence electrons. The number of amides is 1. The first-order valence-corrected chi connectivity index (χ1v) is 6.84. The highest BCUT2D eigenvalue weighted by molar-refractivity contribution is 6.32. The van der Waals surface area contributed by atoms with Gasteiger partial charge in [0.15, 0.2) is 11.8 Å². The van der Waals surface area contributed by atoms with Gasteiger partial charge in [-0.1, -0.05) is 23.7 Å². The van der Waals surface area contributed by atoms with Gasteiger partial charge in [0.1, 0.15) is 0 Å². The third-order valence-corrected chi connectivity index (χ3v) is 3.09. The second kappa shape index (κ2) is 7.42. The van der Waals surface area contributed by atoms with Gasteiger partial charge in [0.2, 0.25) is 0 Å². The Morgan fingerprint density at radius 1 is 1.18 bits per heavy atom. The standard InChI is InChI=1S/C15H14ClN3O3/c1-17-11-6-3-2-5-10(11)15(21)22-9-13(20)19-12-7-4-8-18-14(12)16/h2-8,17H,9H2,1H3,(H,19,20). The van der Waals surface area contributed by atoms with E-state index in [0.29, 0.717) is 16.9 Å². The maximum atomic E-state index is 12.0. The molecular formula is C15H14ClN3O3. The Kier molecular flexibility index (Phi) is 5.32. The number of ether oxygens (including phenoxy) is 1. The minimum Gasteiger partial charge on any atom is -0.452 e. The van der Waals surface area contributed by atoms with Crippen molar-refractivity contribution in [3.63, 3.8) is 0 Å². The van der Waals surface area contributed by atoms with Crippen LogP contribution in [0.4, 0.5) is 11.4 Å². The number of anilines is 2. The van der Waals surface area contributed by atoms with Gasteiger partial charge < -0.3 is 15.4 Å². The number of hydrogen-bond donors (Lipinski definition) is 2. The topological polar surface area (TPSA) is 80.3 Å². The summed E-state index contributed by atoms with van der Waals surface area (Å²) >= 11 is 5.82. The number of halogens is 1. The van der Waals surface area contributed by atoms with Crippen molar-refractivity contribution < 1.29 is 14.3 Å². The first-order chi connectivity index (χ1) is 10.6. The van der Waals surface area contributed by atoms with Crippen molar-refractivity contribution in [2.24, 2.45) is 0 Å². The zero-order chi connectivity index (χ0) is 15.9. The van der Waals surface area contributed by atoms with Gasteiger partial charge in [-0.3, -0.25) is 4.79 Å². The number of carbonyl (C=O) groups is 2. The second-order valence-electron chi connectivity index (χ2n) is 4.26. The molecule has 0 aliphatic carbocycles. The summed E-state index contributed by atoms with van der Waals surface area (Å²) in [4.78, 5) is 27.6. The third-order valence-electron chi connectivity index (χ3n) is 2.78. The molecular weight excluding hydrogens is 306 g/mol. The lowest BCUT2D eigenvalue weighted by Crippen LogP contribution is -2.21. The molecule has 1 aromatic heterocycles. The molecule has 0 unspecified atom stereocenters. The number of para-hydroxylation sites is 1. The highest BCUT2D eigenvalue weighted by Crippen LogP contribution is 2.18. The molecule has 0 aliphatic rings. The van der Waals surface area contributed by atoms with Crippen LogP contribution in [0.5, 0.6) is 0 Å². The molecule has 2 rings (SSSR count). The zero-order valence-electron chi connectivity index (χ0n) is 11.8. The minimum absolute atomic E-state index is 0.169. The summed E-state index contributed by atoms with van der Waals surface area (Å²) in [6.07, 6.45) is 1.51. The van der Waals surface area contributed by atoms with Gasteiger partial charge in [0.25, 0.3) is 5.91 Å². The molecule has 7 heteroatoms. The van der Waals surface area contributed by atoms with Crippen molar-refractivity contribution in [1.82, 2.24) is 4.98 Å². The number of aromatic nitrogens is 1. The van der Waals surface area contributed by atoms with Crippen LogP contribution in [-0.4, -0.2) is 30.5 Å². The van der Waals surface area contributed by atoms with Crippen LogP contribution in [0.1, 0.15) is 10.4 Å². The lowest BCUT2D eigenvalue weighted by atomic mass is 10.2. The van der Waals surface area contributed by atoms with Crippen LogP contribution < -0.4 is 10.6 Å². The fourth-order valence-electron chi connectivity index (χ4n) is 1.75. The van der Waals surface area contributed by atoms with Gasteiger partial charge in [-0.2, -0.15) is 0 Å². The molecule has 2 N–H and O–H groups in total. The highest BCUT2D eigenvalue weighted by atomic mass is 35.5. The van der Waals surface area contributed by atoms with Crippen molar-refractivity contribution in [2.75, 3.05) is 24.3 Å². The number of nitrogens with zero attached hydrogens (tertiary/aromatic N) is 1. The summed E-state index contributed by atoms with van der Waals surface area (Å²) in [5.41, 5.74) is 1.35. The molecule has 22 heavy (non-hydrogen) atoms. The predicted octanol–water partition coefficient (Wildman–Crippen LogP) is 2.57. The van der Waals surface area contributed by atoms with Crippen molar-refractivity contribution >= 4 is 34.9 Å². The fraction of sp³-hybridized carbons (Fsp3) is 0.133. The molecule has 0 saturated carbocycles. The van der Waals surface area contributed by atoms with Crippen molar-refractivity contribution in [3.8, 4) is 0 Å². The molecule has 0 saturated heterocycles. The Balaban J connectivity index is 1.94. The van der Waals surface area contributed by atoms with Crippen LogP contribution >= 0.6 is 11.6 Å². The van der Waals surface area contributed by atoms with E-state index in [1.165, 1.54) is 6.20 Å². The Hall–Kier alpha value is -2.60.